The Hall–Kier alpha value is -0.670. The summed E-state index contributed by atoms with van der Waals surface area (Å²) in [5, 5.41) is 8.42. The van der Waals surface area contributed by atoms with Crippen molar-refractivity contribution in [2.24, 2.45) is 5.92 Å². The lowest BCUT2D eigenvalue weighted by molar-refractivity contribution is -0.141. The third-order valence-electron chi connectivity index (χ3n) is 4.16. The molecule has 0 amide bonds. The number of rotatable bonds is 3. The van der Waals surface area contributed by atoms with Gasteiger partial charge in [0.1, 0.15) is 15.9 Å². The molecule has 2 saturated heterocycles. The van der Waals surface area contributed by atoms with E-state index in [4.69, 9.17) is 0 Å². The molecule has 2 fully saturated rings. The molecule has 20 heavy (non-hydrogen) atoms. The third-order valence-corrected chi connectivity index (χ3v) is 8.25. The molecule has 0 aromatic carbocycles. The van der Waals surface area contributed by atoms with Gasteiger partial charge in [0.05, 0.1) is 16.8 Å². The van der Waals surface area contributed by atoms with Gasteiger partial charge in [0.15, 0.2) is 0 Å². The van der Waals surface area contributed by atoms with Crippen molar-refractivity contribution < 1.29 is 26.7 Å². The van der Waals surface area contributed by atoms with E-state index in [0.717, 1.165) is 4.31 Å². The minimum absolute atomic E-state index is 0.0574. The zero-order valence-electron chi connectivity index (χ0n) is 11.2. The fraction of sp³-hybridized carbons (Fsp3) is 0.909. The summed E-state index contributed by atoms with van der Waals surface area (Å²) in [5.74, 6) is -1.65. The predicted molar refractivity (Wildman–Crippen MR) is 72.5 cm³/mol. The van der Waals surface area contributed by atoms with Crippen molar-refractivity contribution in [1.29, 1.82) is 0 Å². The number of hydrogen-bond acceptors (Lipinski definition) is 5. The molecule has 0 aromatic heterocycles. The molecule has 0 aromatic rings. The highest BCUT2D eigenvalue weighted by atomic mass is 32.2. The molecular formula is C11H19NO6S2. The lowest BCUT2D eigenvalue weighted by atomic mass is 10.0. The van der Waals surface area contributed by atoms with E-state index in [1.165, 1.54) is 0 Å². The van der Waals surface area contributed by atoms with E-state index in [0.29, 0.717) is 6.42 Å². The van der Waals surface area contributed by atoms with Gasteiger partial charge in [-0.05, 0) is 25.2 Å². The summed E-state index contributed by atoms with van der Waals surface area (Å²) in [6.45, 7) is 1.92. The van der Waals surface area contributed by atoms with E-state index < -0.39 is 37.1 Å². The molecule has 0 radical (unpaired) electrons. The van der Waals surface area contributed by atoms with Gasteiger partial charge in [0, 0.05) is 6.54 Å². The summed E-state index contributed by atoms with van der Waals surface area (Å²) in [5.41, 5.74) is 0. The van der Waals surface area contributed by atoms with Crippen LogP contribution in [0.4, 0.5) is 0 Å². The van der Waals surface area contributed by atoms with Crippen LogP contribution in [-0.4, -0.2) is 61.6 Å². The lowest BCUT2D eigenvalue weighted by Gasteiger charge is -2.29. The van der Waals surface area contributed by atoms with Crippen molar-refractivity contribution in [2.45, 2.75) is 37.5 Å². The molecule has 2 heterocycles. The Morgan fingerprint density at radius 1 is 1.20 bits per heavy atom. The van der Waals surface area contributed by atoms with Crippen LogP contribution >= 0.6 is 0 Å². The Bertz CT molecular complexity index is 582. The first-order valence-electron chi connectivity index (χ1n) is 6.59. The number of sulfone groups is 1. The number of carboxylic acid groups (broad SMARTS) is 1. The number of sulfonamides is 1. The monoisotopic (exact) mass is 325 g/mol. The highest BCUT2D eigenvalue weighted by Crippen LogP contribution is 2.31. The first-order chi connectivity index (χ1) is 9.15. The summed E-state index contributed by atoms with van der Waals surface area (Å²) < 4.78 is 48.8. The molecule has 0 aliphatic carbocycles. The standard InChI is InChI=1S/C11H19NO6S2/c1-8-2-5-12(10(8)11(13)14)20(17,18)9-3-6-19(15,16)7-4-9/h8-10H,2-7H2,1H3,(H,13,14). The summed E-state index contributed by atoms with van der Waals surface area (Å²) in [6, 6.07) is -1.03. The summed E-state index contributed by atoms with van der Waals surface area (Å²) in [7, 11) is -6.89. The van der Waals surface area contributed by atoms with Gasteiger partial charge in [-0.3, -0.25) is 4.79 Å². The zero-order valence-corrected chi connectivity index (χ0v) is 12.9. The SMILES string of the molecule is CC1CCN(S(=O)(=O)C2CCS(=O)(=O)CC2)C1C(=O)O. The van der Waals surface area contributed by atoms with Gasteiger partial charge in [0.25, 0.3) is 0 Å². The van der Waals surface area contributed by atoms with Gasteiger partial charge < -0.3 is 5.11 Å². The molecular weight excluding hydrogens is 306 g/mol. The second-order valence-electron chi connectivity index (χ2n) is 5.56. The van der Waals surface area contributed by atoms with Crippen LogP contribution in [0.15, 0.2) is 0 Å². The van der Waals surface area contributed by atoms with E-state index >= 15 is 0 Å². The minimum atomic E-state index is -3.75. The highest BCUT2D eigenvalue weighted by Gasteiger charge is 2.47. The normalized spacial score (nSPS) is 32.2. The van der Waals surface area contributed by atoms with Crippen LogP contribution in [0.25, 0.3) is 0 Å². The van der Waals surface area contributed by atoms with Crippen molar-refractivity contribution in [3.05, 3.63) is 0 Å². The summed E-state index contributed by atoms with van der Waals surface area (Å²) in [6.07, 6.45) is 0.630. The lowest BCUT2D eigenvalue weighted by Crippen LogP contribution is -2.48. The number of aliphatic carboxylic acids is 1. The van der Waals surface area contributed by atoms with Gasteiger partial charge in [-0.1, -0.05) is 6.92 Å². The number of nitrogens with zero attached hydrogens (tertiary/aromatic N) is 1. The summed E-state index contributed by atoms with van der Waals surface area (Å²) >= 11 is 0. The van der Waals surface area contributed by atoms with E-state index in [1.807, 2.05) is 0 Å². The third kappa shape index (κ3) is 2.84. The highest BCUT2D eigenvalue weighted by molar-refractivity contribution is 7.92. The van der Waals surface area contributed by atoms with Gasteiger partial charge in [-0.15, -0.1) is 0 Å². The van der Waals surface area contributed by atoms with Crippen LogP contribution in [-0.2, 0) is 24.7 Å². The molecule has 2 aliphatic rings. The van der Waals surface area contributed by atoms with Crippen LogP contribution in [0.3, 0.4) is 0 Å². The fourth-order valence-electron chi connectivity index (χ4n) is 2.92. The van der Waals surface area contributed by atoms with Crippen molar-refractivity contribution >= 4 is 25.8 Å². The predicted octanol–water partition coefficient (Wildman–Crippen LogP) is -0.312. The van der Waals surface area contributed by atoms with Crippen molar-refractivity contribution in [1.82, 2.24) is 4.31 Å². The smallest absolute Gasteiger partial charge is 0.322 e. The molecule has 9 heteroatoms. The van der Waals surface area contributed by atoms with Crippen LogP contribution in [0.5, 0.6) is 0 Å². The maximum absolute atomic E-state index is 12.5. The molecule has 2 rings (SSSR count). The zero-order chi connectivity index (χ0) is 15.1. The average Bonchev–Trinajstić information content (AvgIpc) is 2.71. The number of carboxylic acids is 1. The van der Waals surface area contributed by atoms with Gasteiger partial charge in [-0.25, -0.2) is 16.8 Å². The molecule has 2 aliphatic heterocycles. The Morgan fingerprint density at radius 2 is 1.75 bits per heavy atom. The minimum Gasteiger partial charge on any atom is -0.480 e. The van der Waals surface area contributed by atoms with Crippen LogP contribution in [0.2, 0.25) is 0 Å². The average molecular weight is 325 g/mol. The number of hydrogen-bond donors (Lipinski definition) is 1. The second kappa shape index (κ2) is 5.27. The molecule has 0 saturated carbocycles. The maximum Gasteiger partial charge on any atom is 0.322 e. The van der Waals surface area contributed by atoms with E-state index in [-0.39, 0.29) is 36.8 Å². The van der Waals surface area contributed by atoms with Crippen LogP contribution in [0.1, 0.15) is 26.2 Å². The fourth-order valence-corrected chi connectivity index (χ4v) is 6.90. The van der Waals surface area contributed by atoms with Gasteiger partial charge in [0.2, 0.25) is 10.0 Å². The van der Waals surface area contributed by atoms with Crippen LogP contribution < -0.4 is 0 Å². The van der Waals surface area contributed by atoms with Crippen molar-refractivity contribution in [3.8, 4) is 0 Å². The largest absolute Gasteiger partial charge is 0.480 e. The van der Waals surface area contributed by atoms with Crippen LogP contribution in [0, 0.1) is 5.92 Å². The van der Waals surface area contributed by atoms with Gasteiger partial charge in [-0.2, -0.15) is 4.31 Å². The quantitative estimate of drug-likeness (QED) is 0.762. The molecule has 0 spiro atoms. The first kappa shape index (κ1) is 15.7. The molecule has 116 valence electrons. The Kier molecular flexibility index (Phi) is 4.14. The molecule has 7 nitrogen and oxygen atoms in total. The molecule has 0 bridgehead atoms. The van der Waals surface area contributed by atoms with E-state index in [2.05, 4.69) is 0 Å². The molecule has 2 unspecified atom stereocenters. The topological polar surface area (TPSA) is 109 Å². The maximum atomic E-state index is 12.5. The van der Waals surface area contributed by atoms with Crippen molar-refractivity contribution in [2.75, 3.05) is 18.1 Å². The summed E-state index contributed by atoms with van der Waals surface area (Å²) in [4.78, 5) is 11.3. The van der Waals surface area contributed by atoms with E-state index in [1.54, 1.807) is 6.92 Å². The second-order valence-corrected chi connectivity index (χ2v) is 10.0. The van der Waals surface area contributed by atoms with E-state index in [9.17, 15) is 26.7 Å². The Balaban J connectivity index is 2.21. The Morgan fingerprint density at radius 3 is 2.25 bits per heavy atom. The Labute approximate surface area is 118 Å². The van der Waals surface area contributed by atoms with Crippen molar-refractivity contribution in [3.63, 3.8) is 0 Å². The molecule has 2 atom stereocenters. The molecule has 1 N–H and O–H groups in total. The first-order valence-corrected chi connectivity index (χ1v) is 9.91. The van der Waals surface area contributed by atoms with Gasteiger partial charge >= 0.3 is 5.97 Å². The number of carbonyl (C=O) groups is 1.